The van der Waals surface area contributed by atoms with Gasteiger partial charge in [-0.25, -0.2) is 17.8 Å². The fourth-order valence-corrected chi connectivity index (χ4v) is 3.01. The number of hydrogen-bond acceptors (Lipinski definition) is 3. The first-order chi connectivity index (χ1) is 9.32. The van der Waals surface area contributed by atoms with Crippen molar-refractivity contribution < 1.29 is 12.8 Å². The minimum Gasteiger partial charge on any atom is -0.332 e. The molecule has 0 radical (unpaired) electrons. The van der Waals surface area contributed by atoms with E-state index in [1.807, 2.05) is 0 Å². The van der Waals surface area contributed by atoms with Gasteiger partial charge in [-0.2, -0.15) is 4.31 Å². The van der Waals surface area contributed by atoms with Gasteiger partial charge in [0.1, 0.15) is 11.6 Å². The lowest BCUT2D eigenvalue weighted by atomic mass is 10.2. The Morgan fingerprint density at radius 1 is 1.45 bits per heavy atom. The van der Waals surface area contributed by atoms with Crippen molar-refractivity contribution in [2.24, 2.45) is 0 Å². The largest absolute Gasteiger partial charge is 0.332 e. The minimum absolute atomic E-state index is 0.0371. The standard InChI is InChI=1S/C12H13ClFN3O2S/c1-8-15-6-12(16-8)20(18,19)17(2)7-9-10(13)4-3-5-11(9)14/h3-6H,7H2,1-2H3,(H,15,16). The van der Waals surface area contributed by atoms with Crippen LogP contribution in [0.1, 0.15) is 11.4 Å². The van der Waals surface area contributed by atoms with E-state index in [1.54, 1.807) is 6.92 Å². The number of rotatable bonds is 4. The van der Waals surface area contributed by atoms with Crippen LogP contribution in [0, 0.1) is 12.7 Å². The van der Waals surface area contributed by atoms with Crippen LogP contribution in [0.3, 0.4) is 0 Å². The molecule has 0 aliphatic carbocycles. The maximum atomic E-state index is 13.7. The van der Waals surface area contributed by atoms with Crippen LogP contribution in [0.4, 0.5) is 4.39 Å². The summed E-state index contributed by atoms with van der Waals surface area (Å²) in [5.74, 6) is -0.0544. The second-order valence-corrected chi connectivity index (χ2v) is 6.71. The molecule has 0 amide bonds. The van der Waals surface area contributed by atoms with Crippen LogP contribution in [-0.2, 0) is 16.6 Å². The molecule has 1 aromatic heterocycles. The number of sulfonamides is 1. The topological polar surface area (TPSA) is 66.1 Å². The first-order valence-electron chi connectivity index (χ1n) is 5.73. The molecule has 1 aromatic carbocycles. The highest BCUT2D eigenvalue weighted by atomic mass is 35.5. The number of aryl methyl sites for hydroxylation is 1. The van der Waals surface area contributed by atoms with Crippen LogP contribution in [0.2, 0.25) is 5.02 Å². The van der Waals surface area contributed by atoms with E-state index in [-0.39, 0.29) is 22.2 Å². The summed E-state index contributed by atoms with van der Waals surface area (Å²) in [7, 11) is -2.40. The van der Waals surface area contributed by atoms with E-state index in [0.29, 0.717) is 5.82 Å². The van der Waals surface area contributed by atoms with E-state index in [1.165, 1.54) is 31.4 Å². The third-order valence-corrected chi connectivity index (χ3v) is 4.88. The number of H-pyrrole nitrogens is 1. The average Bonchev–Trinajstić information content (AvgIpc) is 2.81. The van der Waals surface area contributed by atoms with E-state index in [0.717, 1.165) is 4.31 Å². The van der Waals surface area contributed by atoms with Gasteiger partial charge in [0.05, 0.1) is 6.20 Å². The number of nitrogens with zero attached hydrogens (tertiary/aromatic N) is 2. The molecule has 0 aliphatic rings. The molecule has 0 aliphatic heterocycles. The fraction of sp³-hybridized carbons (Fsp3) is 0.250. The summed E-state index contributed by atoms with van der Waals surface area (Å²) in [4.78, 5) is 6.49. The molecule has 0 spiro atoms. The average molecular weight is 318 g/mol. The summed E-state index contributed by atoms with van der Waals surface area (Å²) < 4.78 is 39.2. The van der Waals surface area contributed by atoms with E-state index >= 15 is 0 Å². The number of imidazole rings is 1. The molecule has 20 heavy (non-hydrogen) atoms. The van der Waals surface area contributed by atoms with E-state index in [4.69, 9.17) is 11.6 Å². The Hall–Kier alpha value is -1.44. The van der Waals surface area contributed by atoms with Crippen molar-refractivity contribution in [1.29, 1.82) is 0 Å². The minimum atomic E-state index is -3.76. The summed E-state index contributed by atoms with van der Waals surface area (Å²) in [6.45, 7) is 1.48. The Balaban J connectivity index is 2.30. The molecule has 1 heterocycles. The molecule has 108 valence electrons. The molecule has 0 atom stereocenters. The van der Waals surface area contributed by atoms with Gasteiger partial charge in [0.25, 0.3) is 10.0 Å². The quantitative estimate of drug-likeness (QED) is 0.941. The lowest BCUT2D eigenvalue weighted by Gasteiger charge is -2.17. The van der Waals surface area contributed by atoms with Gasteiger partial charge in [0.2, 0.25) is 0 Å². The number of halogens is 2. The lowest BCUT2D eigenvalue weighted by molar-refractivity contribution is 0.454. The summed E-state index contributed by atoms with van der Waals surface area (Å²) >= 11 is 5.89. The van der Waals surface area contributed by atoms with E-state index < -0.39 is 15.8 Å². The Labute approximate surface area is 121 Å². The zero-order chi connectivity index (χ0) is 14.9. The van der Waals surface area contributed by atoms with Gasteiger partial charge in [-0.05, 0) is 19.1 Å². The highest BCUT2D eigenvalue weighted by molar-refractivity contribution is 7.89. The molecule has 8 heteroatoms. The summed E-state index contributed by atoms with van der Waals surface area (Å²) in [5.41, 5.74) is 0.136. The van der Waals surface area contributed by atoms with Crippen molar-refractivity contribution in [1.82, 2.24) is 14.3 Å². The van der Waals surface area contributed by atoms with Gasteiger partial charge in [-0.1, -0.05) is 17.7 Å². The van der Waals surface area contributed by atoms with Crippen LogP contribution < -0.4 is 0 Å². The summed E-state index contributed by atoms with van der Waals surface area (Å²) in [5, 5.41) is 0.151. The molecular weight excluding hydrogens is 305 g/mol. The summed E-state index contributed by atoms with van der Waals surface area (Å²) in [6.07, 6.45) is 1.23. The van der Waals surface area contributed by atoms with Gasteiger partial charge in [-0.3, -0.25) is 0 Å². The Morgan fingerprint density at radius 3 is 2.70 bits per heavy atom. The lowest BCUT2D eigenvalue weighted by Crippen LogP contribution is -2.27. The molecule has 0 fully saturated rings. The first kappa shape index (κ1) is 15.0. The van der Waals surface area contributed by atoms with Crippen molar-refractivity contribution >= 4 is 21.6 Å². The van der Waals surface area contributed by atoms with E-state index in [2.05, 4.69) is 9.97 Å². The maximum absolute atomic E-state index is 13.7. The van der Waals surface area contributed by atoms with Crippen LogP contribution >= 0.6 is 11.6 Å². The third-order valence-electron chi connectivity index (χ3n) is 2.81. The molecule has 0 saturated carbocycles. The van der Waals surface area contributed by atoms with Gasteiger partial charge in [0.15, 0.2) is 5.03 Å². The number of nitrogens with one attached hydrogen (secondary N) is 1. The van der Waals surface area contributed by atoms with Crippen molar-refractivity contribution in [2.45, 2.75) is 18.5 Å². The zero-order valence-corrected chi connectivity index (χ0v) is 12.5. The Morgan fingerprint density at radius 2 is 2.15 bits per heavy atom. The van der Waals surface area contributed by atoms with Gasteiger partial charge in [0, 0.05) is 24.2 Å². The normalized spacial score (nSPS) is 12.1. The van der Waals surface area contributed by atoms with Crippen LogP contribution in [-0.4, -0.2) is 29.7 Å². The second kappa shape index (κ2) is 5.51. The number of aromatic nitrogens is 2. The van der Waals surface area contributed by atoms with Crippen LogP contribution in [0.5, 0.6) is 0 Å². The molecule has 2 aromatic rings. The zero-order valence-electron chi connectivity index (χ0n) is 10.9. The number of hydrogen-bond donors (Lipinski definition) is 1. The monoisotopic (exact) mass is 317 g/mol. The summed E-state index contributed by atoms with van der Waals surface area (Å²) in [6, 6.07) is 4.22. The highest BCUT2D eigenvalue weighted by Gasteiger charge is 2.24. The van der Waals surface area contributed by atoms with E-state index in [9.17, 15) is 12.8 Å². The highest BCUT2D eigenvalue weighted by Crippen LogP contribution is 2.22. The van der Waals surface area contributed by atoms with Crippen LogP contribution in [0.15, 0.2) is 29.4 Å². The second-order valence-electron chi connectivity index (χ2n) is 4.29. The van der Waals surface area contributed by atoms with Gasteiger partial charge >= 0.3 is 0 Å². The molecular formula is C12H13ClFN3O2S. The number of aromatic amines is 1. The fourth-order valence-electron chi connectivity index (χ4n) is 1.69. The third kappa shape index (κ3) is 2.84. The van der Waals surface area contributed by atoms with Crippen molar-refractivity contribution in [2.75, 3.05) is 7.05 Å². The van der Waals surface area contributed by atoms with Crippen molar-refractivity contribution in [3.8, 4) is 0 Å². The molecule has 1 N–H and O–H groups in total. The maximum Gasteiger partial charge on any atom is 0.260 e. The van der Waals surface area contributed by atoms with Crippen LogP contribution in [0.25, 0.3) is 0 Å². The molecule has 0 saturated heterocycles. The van der Waals surface area contributed by atoms with Crippen molar-refractivity contribution in [3.05, 3.63) is 46.6 Å². The van der Waals surface area contributed by atoms with Gasteiger partial charge < -0.3 is 4.98 Å². The predicted molar refractivity (Wildman–Crippen MR) is 73.4 cm³/mol. The smallest absolute Gasteiger partial charge is 0.260 e. The molecule has 0 unspecified atom stereocenters. The Kier molecular flexibility index (Phi) is 4.12. The van der Waals surface area contributed by atoms with Gasteiger partial charge in [-0.15, -0.1) is 0 Å². The molecule has 5 nitrogen and oxygen atoms in total. The molecule has 0 bridgehead atoms. The molecule has 2 rings (SSSR count). The number of benzene rings is 1. The predicted octanol–water partition coefficient (Wildman–Crippen LogP) is 2.33. The Bertz CT molecular complexity index is 710. The SMILES string of the molecule is Cc1ncc(S(=O)(=O)N(C)Cc2c(F)cccc2Cl)[nH]1. The van der Waals surface area contributed by atoms with Crippen molar-refractivity contribution in [3.63, 3.8) is 0 Å². The first-order valence-corrected chi connectivity index (χ1v) is 7.55.